The third kappa shape index (κ3) is 2.86. The smallest absolute Gasteiger partial charge is 0.319 e. The van der Waals surface area contributed by atoms with E-state index in [0.717, 1.165) is 0 Å². The summed E-state index contributed by atoms with van der Waals surface area (Å²) in [6, 6.07) is 0. The number of nitrogens with one attached hydrogen (secondary N) is 1. The summed E-state index contributed by atoms with van der Waals surface area (Å²) in [5.74, 6) is -0.341. The quantitative estimate of drug-likeness (QED) is 0.601. The normalized spacial score (nSPS) is 19.8. The second-order valence-electron chi connectivity index (χ2n) is 5.63. The highest BCUT2D eigenvalue weighted by Crippen LogP contribution is 2.38. The topological polar surface area (TPSA) is 55.4 Å². The highest BCUT2D eigenvalue weighted by molar-refractivity contribution is 6.06. The summed E-state index contributed by atoms with van der Waals surface area (Å²) < 4.78 is 5.11. The molecular weight excluding hydrogens is 218 g/mol. The van der Waals surface area contributed by atoms with Crippen molar-refractivity contribution in [3.8, 4) is 0 Å². The minimum Gasteiger partial charge on any atom is -0.465 e. The molecule has 0 amide bonds. The van der Waals surface area contributed by atoms with Gasteiger partial charge in [-0.1, -0.05) is 20.8 Å². The van der Waals surface area contributed by atoms with Gasteiger partial charge in [-0.25, -0.2) is 0 Å². The van der Waals surface area contributed by atoms with Crippen LogP contribution in [0.3, 0.4) is 0 Å². The first-order chi connectivity index (χ1) is 7.84. The third-order valence-electron chi connectivity index (χ3n) is 3.24. The summed E-state index contributed by atoms with van der Waals surface area (Å²) in [6.45, 7) is 9.07. The molecule has 1 fully saturated rings. The van der Waals surface area contributed by atoms with Crippen LogP contribution in [0.2, 0.25) is 0 Å². The van der Waals surface area contributed by atoms with Gasteiger partial charge in [-0.3, -0.25) is 9.59 Å². The molecule has 1 saturated heterocycles. The molecular formula is C13H23NO3. The van der Waals surface area contributed by atoms with Crippen LogP contribution in [-0.4, -0.2) is 31.4 Å². The summed E-state index contributed by atoms with van der Waals surface area (Å²) in [7, 11) is 0. The maximum absolute atomic E-state index is 12.5. The van der Waals surface area contributed by atoms with Crippen LogP contribution < -0.4 is 5.32 Å². The lowest BCUT2D eigenvalue weighted by atomic mass is 9.67. The van der Waals surface area contributed by atoms with Crippen LogP contribution in [0.4, 0.5) is 0 Å². The van der Waals surface area contributed by atoms with Gasteiger partial charge in [-0.15, -0.1) is 0 Å². The van der Waals surface area contributed by atoms with Crippen molar-refractivity contribution < 1.29 is 14.3 Å². The number of esters is 1. The van der Waals surface area contributed by atoms with E-state index in [1.807, 2.05) is 20.8 Å². The third-order valence-corrected chi connectivity index (χ3v) is 3.24. The molecule has 0 bridgehead atoms. The predicted octanol–water partition coefficient (Wildman–Crippen LogP) is 1.53. The molecule has 1 heterocycles. The Morgan fingerprint density at radius 1 is 1.24 bits per heavy atom. The number of hydrogen-bond donors (Lipinski definition) is 1. The first kappa shape index (κ1) is 14.2. The number of ether oxygens (including phenoxy) is 1. The van der Waals surface area contributed by atoms with Crippen molar-refractivity contribution in [2.45, 2.75) is 40.5 Å². The van der Waals surface area contributed by atoms with Gasteiger partial charge >= 0.3 is 5.97 Å². The first-order valence-electron chi connectivity index (χ1n) is 6.27. The van der Waals surface area contributed by atoms with Crippen LogP contribution in [0.25, 0.3) is 0 Å². The zero-order valence-electron chi connectivity index (χ0n) is 11.3. The molecule has 0 radical (unpaired) electrons. The number of carbonyl (C=O) groups is 2. The zero-order chi connectivity index (χ0) is 13.1. The van der Waals surface area contributed by atoms with Crippen LogP contribution in [-0.2, 0) is 14.3 Å². The molecule has 0 atom stereocenters. The Labute approximate surface area is 103 Å². The molecule has 0 aromatic carbocycles. The van der Waals surface area contributed by atoms with Gasteiger partial charge in [0.1, 0.15) is 5.41 Å². The van der Waals surface area contributed by atoms with Gasteiger partial charge in [0.25, 0.3) is 0 Å². The summed E-state index contributed by atoms with van der Waals surface area (Å²) in [5.41, 5.74) is -1.44. The fourth-order valence-corrected chi connectivity index (χ4v) is 2.36. The fraction of sp³-hybridized carbons (Fsp3) is 0.846. The van der Waals surface area contributed by atoms with Gasteiger partial charge in [0.15, 0.2) is 5.78 Å². The molecule has 0 saturated carbocycles. The highest BCUT2D eigenvalue weighted by Gasteiger charge is 2.51. The lowest BCUT2D eigenvalue weighted by Gasteiger charge is -2.37. The standard InChI is InChI=1S/C13H23NO3/c1-5-17-11(16)13(6-8-14-9-7-13)10(15)12(2,3)4/h14H,5-9H2,1-4H3. The van der Waals surface area contributed by atoms with E-state index in [4.69, 9.17) is 4.74 Å². The van der Waals surface area contributed by atoms with E-state index in [-0.39, 0.29) is 11.8 Å². The van der Waals surface area contributed by atoms with E-state index in [2.05, 4.69) is 5.32 Å². The van der Waals surface area contributed by atoms with Crippen molar-refractivity contribution >= 4 is 11.8 Å². The second-order valence-corrected chi connectivity index (χ2v) is 5.63. The maximum atomic E-state index is 12.5. The van der Waals surface area contributed by atoms with E-state index in [1.54, 1.807) is 6.92 Å². The van der Waals surface area contributed by atoms with Crippen molar-refractivity contribution in [1.29, 1.82) is 0 Å². The Balaban J connectivity index is 3.01. The summed E-state index contributed by atoms with van der Waals surface area (Å²) >= 11 is 0. The van der Waals surface area contributed by atoms with Gasteiger partial charge in [0.05, 0.1) is 6.61 Å². The summed E-state index contributed by atoms with van der Waals surface area (Å²) in [5, 5.41) is 3.18. The summed E-state index contributed by atoms with van der Waals surface area (Å²) in [4.78, 5) is 24.7. The Morgan fingerprint density at radius 3 is 2.18 bits per heavy atom. The van der Waals surface area contributed by atoms with Gasteiger partial charge in [0, 0.05) is 5.41 Å². The van der Waals surface area contributed by atoms with Crippen LogP contribution in [0.1, 0.15) is 40.5 Å². The van der Waals surface area contributed by atoms with Crippen molar-refractivity contribution in [3.63, 3.8) is 0 Å². The zero-order valence-corrected chi connectivity index (χ0v) is 11.3. The number of rotatable bonds is 3. The fourth-order valence-electron chi connectivity index (χ4n) is 2.36. The molecule has 0 unspecified atom stereocenters. The SMILES string of the molecule is CCOC(=O)C1(C(=O)C(C)(C)C)CCNCC1. The molecule has 17 heavy (non-hydrogen) atoms. The summed E-state index contributed by atoms with van der Waals surface area (Å²) in [6.07, 6.45) is 1.09. The average Bonchev–Trinajstić information content (AvgIpc) is 2.28. The Morgan fingerprint density at radius 2 is 1.76 bits per heavy atom. The van der Waals surface area contributed by atoms with Crippen LogP contribution in [0.15, 0.2) is 0 Å². The van der Waals surface area contributed by atoms with E-state index >= 15 is 0 Å². The molecule has 1 rings (SSSR count). The minimum absolute atomic E-state index is 0.00458. The lowest BCUT2D eigenvalue weighted by molar-refractivity contribution is -0.165. The molecule has 0 spiro atoms. The molecule has 4 nitrogen and oxygen atoms in total. The Hall–Kier alpha value is -0.900. The van der Waals surface area contributed by atoms with Crippen molar-refractivity contribution in [3.05, 3.63) is 0 Å². The number of piperidine rings is 1. The minimum atomic E-state index is -0.931. The van der Waals surface area contributed by atoms with E-state index < -0.39 is 10.8 Å². The molecule has 1 N–H and O–H groups in total. The van der Waals surface area contributed by atoms with Crippen molar-refractivity contribution in [2.75, 3.05) is 19.7 Å². The van der Waals surface area contributed by atoms with Gasteiger partial charge < -0.3 is 10.1 Å². The molecule has 0 aromatic heterocycles. The average molecular weight is 241 g/mol. The number of hydrogen-bond acceptors (Lipinski definition) is 4. The molecule has 0 aromatic rings. The monoisotopic (exact) mass is 241 g/mol. The van der Waals surface area contributed by atoms with Crippen molar-refractivity contribution in [2.24, 2.45) is 10.8 Å². The van der Waals surface area contributed by atoms with E-state index in [1.165, 1.54) is 0 Å². The molecule has 1 aliphatic rings. The van der Waals surface area contributed by atoms with Crippen LogP contribution in [0.5, 0.6) is 0 Å². The molecule has 0 aliphatic carbocycles. The van der Waals surface area contributed by atoms with Gasteiger partial charge in [0.2, 0.25) is 0 Å². The van der Waals surface area contributed by atoms with E-state index in [9.17, 15) is 9.59 Å². The molecule has 1 aliphatic heterocycles. The first-order valence-corrected chi connectivity index (χ1v) is 6.27. The van der Waals surface area contributed by atoms with Gasteiger partial charge in [-0.2, -0.15) is 0 Å². The number of ketones is 1. The number of Topliss-reactive ketones (excluding diaryl/α,β-unsaturated/α-hetero) is 1. The highest BCUT2D eigenvalue weighted by atomic mass is 16.5. The lowest BCUT2D eigenvalue weighted by Crippen LogP contribution is -2.52. The second kappa shape index (κ2) is 5.17. The van der Waals surface area contributed by atoms with Crippen LogP contribution >= 0.6 is 0 Å². The molecule has 4 heteroatoms. The van der Waals surface area contributed by atoms with Gasteiger partial charge in [-0.05, 0) is 32.9 Å². The largest absolute Gasteiger partial charge is 0.465 e. The Bertz CT molecular complexity index is 298. The predicted molar refractivity (Wildman–Crippen MR) is 65.6 cm³/mol. The number of carbonyl (C=O) groups excluding carboxylic acids is 2. The van der Waals surface area contributed by atoms with Crippen molar-refractivity contribution in [1.82, 2.24) is 5.32 Å². The molecule has 98 valence electrons. The maximum Gasteiger partial charge on any atom is 0.319 e. The van der Waals surface area contributed by atoms with E-state index in [0.29, 0.717) is 32.5 Å². The Kier molecular flexibility index (Phi) is 4.31. The van der Waals surface area contributed by atoms with Crippen LogP contribution in [0, 0.1) is 10.8 Å².